The van der Waals surface area contributed by atoms with Gasteiger partial charge in [0.15, 0.2) is 5.78 Å². The molecule has 2 fully saturated rings. The first-order chi connectivity index (χ1) is 16.1. The number of ketones is 1. The molecule has 1 aromatic carbocycles. The molecule has 33 heavy (non-hydrogen) atoms. The van der Waals surface area contributed by atoms with Crippen LogP contribution < -0.4 is 15.5 Å². The summed E-state index contributed by atoms with van der Waals surface area (Å²) in [6, 6.07) is 12.7. The smallest absolute Gasteiger partial charge is 0.411 e. The topological polar surface area (TPSA) is 86.8 Å². The first-order valence-electron chi connectivity index (χ1n) is 11.5. The van der Waals surface area contributed by atoms with Crippen molar-refractivity contribution in [3.05, 3.63) is 59.8 Å². The molecule has 8 nitrogen and oxygen atoms in total. The first kappa shape index (κ1) is 22.9. The summed E-state index contributed by atoms with van der Waals surface area (Å²) in [5, 5.41) is 5.96. The molecule has 3 heterocycles. The number of ether oxygens (including phenoxy) is 1. The second-order valence-corrected chi connectivity index (χ2v) is 8.47. The average Bonchev–Trinajstić information content (AvgIpc) is 2.84. The van der Waals surface area contributed by atoms with Crippen LogP contribution in [0, 0.1) is 0 Å². The van der Waals surface area contributed by atoms with E-state index in [2.05, 4.69) is 32.5 Å². The number of anilines is 2. The minimum Gasteiger partial charge on any atom is -0.446 e. The summed E-state index contributed by atoms with van der Waals surface area (Å²) in [5.41, 5.74) is 1.88. The molecule has 1 amide bonds. The Labute approximate surface area is 194 Å². The molecule has 0 bridgehead atoms. The predicted octanol–water partition coefficient (Wildman–Crippen LogP) is 3.03. The monoisotopic (exact) mass is 449 g/mol. The number of likely N-dealkylation sites (N-methyl/N-ethyl adjacent to an activating group) is 1. The van der Waals surface area contributed by atoms with Crippen LogP contribution in [0.1, 0.15) is 28.9 Å². The van der Waals surface area contributed by atoms with Gasteiger partial charge in [0.05, 0.1) is 5.69 Å². The Bertz CT molecular complexity index is 978. The van der Waals surface area contributed by atoms with E-state index < -0.39 is 6.09 Å². The van der Waals surface area contributed by atoms with Crippen LogP contribution in [0.25, 0.3) is 6.08 Å². The number of aromatic nitrogens is 1. The maximum Gasteiger partial charge on any atom is 0.411 e. The maximum atomic E-state index is 12.6. The van der Waals surface area contributed by atoms with Crippen molar-refractivity contribution in [2.45, 2.75) is 18.9 Å². The van der Waals surface area contributed by atoms with E-state index in [-0.39, 0.29) is 11.9 Å². The lowest BCUT2D eigenvalue weighted by Gasteiger charge is -2.33. The normalized spacial score (nSPS) is 17.8. The molecular formula is C25H31N5O3. The maximum absolute atomic E-state index is 12.6. The molecule has 2 aliphatic heterocycles. The molecule has 0 spiro atoms. The van der Waals surface area contributed by atoms with Gasteiger partial charge >= 0.3 is 6.09 Å². The third-order valence-corrected chi connectivity index (χ3v) is 5.96. The SMILES string of the molecule is CN1CCN(c2cccc(C=CC(=O)c3ccc(NC(=O)OC4CCNCC4)cc3)n2)CC1. The van der Waals surface area contributed by atoms with E-state index in [4.69, 9.17) is 4.74 Å². The molecule has 2 aromatic rings. The van der Waals surface area contributed by atoms with Gasteiger partial charge in [-0.15, -0.1) is 0 Å². The molecule has 0 unspecified atom stereocenters. The summed E-state index contributed by atoms with van der Waals surface area (Å²) in [4.78, 5) is 33.9. The van der Waals surface area contributed by atoms with Crippen molar-refractivity contribution >= 4 is 29.5 Å². The van der Waals surface area contributed by atoms with E-state index in [9.17, 15) is 9.59 Å². The van der Waals surface area contributed by atoms with Crippen molar-refractivity contribution < 1.29 is 14.3 Å². The Morgan fingerprint density at radius 3 is 2.52 bits per heavy atom. The van der Waals surface area contributed by atoms with Gasteiger partial charge in [0.2, 0.25) is 0 Å². The molecule has 4 rings (SSSR count). The fourth-order valence-electron chi connectivity index (χ4n) is 3.93. The van der Waals surface area contributed by atoms with Crippen molar-refractivity contribution in [1.29, 1.82) is 0 Å². The van der Waals surface area contributed by atoms with Crippen molar-refractivity contribution in [3.63, 3.8) is 0 Å². The third kappa shape index (κ3) is 6.63. The lowest BCUT2D eigenvalue weighted by molar-refractivity contribution is 0.0909. The highest BCUT2D eigenvalue weighted by molar-refractivity contribution is 6.07. The third-order valence-electron chi connectivity index (χ3n) is 5.96. The summed E-state index contributed by atoms with van der Waals surface area (Å²) < 4.78 is 5.44. The van der Waals surface area contributed by atoms with Crippen LogP contribution in [0.3, 0.4) is 0 Å². The summed E-state index contributed by atoms with van der Waals surface area (Å²) >= 11 is 0. The van der Waals surface area contributed by atoms with Crippen molar-refractivity contribution in [1.82, 2.24) is 15.2 Å². The lowest BCUT2D eigenvalue weighted by Crippen LogP contribution is -2.44. The first-order valence-corrected chi connectivity index (χ1v) is 11.5. The Morgan fingerprint density at radius 2 is 1.79 bits per heavy atom. The van der Waals surface area contributed by atoms with E-state index in [0.29, 0.717) is 11.3 Å². The number of piperidine rings is 1. The number of hydrogen-bond acceptors (Lipinski definition) is 7. The van der Waals surface area contributed by atoms with Crippen molar-refractivity contribution in [3.8, 4) is 0 Å². The van der Waals surface area contributed by atoms with Crippen LogP contribution >= 0.6 is 0 Å². The molecule has 2 N–H and O–H groups in total. The highest BCUT2D eigenvalue weighted by Gasteiger charge is 2.18. The van der Waals surface area contributed by atoms with Gasteiger partial charge in [-0.25, -0.2) is 9.78 Å². The van der Waals surface area contributed by atoms with Gasteiger partial charge in [-0.3, -0.25) is 10.1 Å². The van der Waals surface area contributed by atoms with Gasteiger partial charge in [-0.2, -0.15) is 0 Å². The van der Waals surface area contributed by atoms with Crippen LogP contribution in [-0.4, -0.2) is 74.2 Å². The Hall–Kier alpha value is -3.23. The number of nitrogens with one attached hydrogen (secondary N) is 2. The lowest BCUT2D eigenvalue weighted by atomic mass is 10.1. The number of allylic oxidation sites excluding steroid dienone is 1. The summed E-state index contributed by atoms with van der Waals surface area (Å²) in [6.45, 7) is 5.64. The second kappa shape index (κ2) is 11.1. The number of benzene rings is 1. The molecule has 174 valence electrons. The number of piperazine rings is 1. The van der Waals surface area contributed by atoms with Crippen LogP contribution in [0.4, 0.5) is 16.3 Å². The standard InChI is InChI=1S/C25H31N5O3/c1-29-15-17-30(18-16-29)24-4-2-3-20(27-24)9-10-23(31)19-5-7-21(8-6-19)28-25(32)33-22-11-13-26-14-12-22/h2-10,22,26H,11-18H2,1H3,(H,28,32). The summed E-state index contributed by atoms with van der Waals surface area (Å²) in [5.74, 6) is 0.815. The van der Waals surface area contributed by atoms with Gasteiger partial charge in [0.25, 0.3) is 0 Å². The van der Waals surface area contributed by atoms with E-state index in [1.165, 1.54) is 6.08 Å². The fraction of sp³-hybridized carbons (Fsp3) is 0.400. The Kier molecular flexibility index (Phi) is 7.70. The highest BCUT2D eigenvalue weighted by atomic mass is 16.6. The van der Waals surface area contributed by atoms with E-state index in [1.54, 1.807) is 30.3 Å². The summed E-state index contributed by atoms with van der Waals surface area (Å²) in [7, 11) is 2.12. The number of nitrogens with zero attached hydrogens (tertiary/aromatic N) is 3. The van der Waals surface area contributed by atoms with Crippen molar-refractivity contribution in [2.75, 3.05) is 56.5 Å². The number of rotatable bonds is 6. The second-order valence-electron chi connectivity index (χ2n) is 8.47. The van der Waals surface area contributed by atoms with Crippen LogP contribution in [0.2, 0.25) is 0 Å². The van der Waals surface area contributed by atoms with Gasteiger partial charge < -0.3 is 19.9 Å². The number of amides is 1. The zero-order chi connectivity index (χ0) is 23.0. The average molecular weight is 450 g/mol. The van der Waals surface area contributed by atoms with E-state index in [0.717, 1.165) is 63.6 Å². The number of carbonyl (C=O) groups excluding carboxylic acids is 2. The number of carbonyl (C=O) groups is 2. The van der Waals surface area contributed by atoms with Crippen LogP contribution in [0.15, 0.2) is 48.5 Å². The molecule has 2 saturated heterocycles. The van der Waals surface area contributed by atoms with Gasteiger partial charge in [0.1, 0.15) is 11.9 Å². The number of pyridine rings is 1. The highest BCUT2D eigenvalue weighted by Crippen LogP contribution is 2.16. The molecule has 0 atom stereocenters. The van der Waals surface area contributed by atoms with Gasteiger partial charge in [-0.05, 0) is 81.5 Å². The van der Waals surface area contributed by atoms with E-state index >= 15 is 0 Å². The minimum atomic E-state index is -0.466. The molecule has 0 saturated carbocycles. The molecule has 0 radical (unpaired) electrons. The zero-order valence-corrected chi connectivity index (χ0v) is 19.0. The Balaban J connectivity index is 1.31. The van der Waals surface area contributed by atoms with Crippen molar-refractivity contribution in [2.24, 2.45) is 0 Å². The molecule has 1 aromatic heterocycles. The fourth-order valence-corrected chi connectivity index (χ4v) is 3.93. The van der Waals surface area contributed by atoms with Gasteiger partial charge in [0, 0.05) is 37.4 Å². The van der Waals surface area contributed by atoms with Crippen LogP contribution in [0.5, 0.6) is 0 Å². The van der Waals surface area contributed by atoms with Gasteiger partial charge in [-0.1, -0.05) is 6.07 Å². The van der Waals surface area contributed by atoms with Crippen LogP contribution in [-0.2, 0) is 4.74 Å². The zero-order valence-electron chi connectivity index (χ0n) is 19.0. The minimum absolute atomic E-state index is 0.0550. The Morgan fingerprint density at radius 1 is 1.06 bits per heavy atom. The number of hydrogen-bond donors (Lipinski definition) is 2. The molecule has 8 heteroatoms. The van der Waals surface area contributed by atoms with E-state index in [1.807, 2.05) is 18.2 Å². The molecule has 2 aliphatic rings. The predicted molar refractivity (Wildman–Crippen MR) is 130 cm³/mol. The quantitative estimate of drug-likeness (QED) is 0.518. The molecular weight excluding hydrogens is 418 g/mol. The molecule has 0 aliphatic carbocycles. The largest absolute Gasteiger partial charge is 0.446 e. The summed E-state index contributed by atoms with van der Waals surface area (Å²) in [6.07, 6.45) is 4.39.